The molecule has 2 aromatic heterocycles. The van der Waals surface area contributed by atoms with Crippen molar-refractivity contribution in [3.05, 3.63) is 63.6 Å². The first-order valence-electron chi connectivity index (χ1n) is 8.71. The summed E-state index contributed by atoms with van der Waals surface area (Å²) < 4.78 is 21.3. The lowest BCUT2D eigenvalue weighted by Gasteiger charge is -2.23. The number of nitrogens with zero attached hydrogens (tertiary/aromatic N) is 5. The number of fused-ring (bicyclic) bond motifs is 1. The zero-order valence-electron chi connectivity index (χ0n) is 15.1. The third-order valence-electron chi connectivity index (χ3n) is 4.74. The van der Waals surface area contributed by atoms with Crippen LogP contribution in [0.25, 0.3) is 20.7 Å². The van der Waals surface area contributed by atoms with Crippen LogP contribution in [0.4, 0.5) is 10.2 Å². The minimum atomic E-state index is -1.82. The molecule has 4 rings (SSSR count). The number of anilines is 1. The van der Waals surface area contributed by atoms with Crippen molar-refractivity contribution in [1.82, 2.24) is 9.97 Å². The van der Waals surface area contributed by atoms with E-state index >= 15 is 0 Å². The quantitative estimate of drug-likeness (QED) is 0.165. The first-order chi connectivity index (χ1) is 14.5. The molecule has 2 N–H and O–H groups in total. The average Bonchev–Trinajstić information content (AvgIpc) is 3.30. The van der Waals surface area contributed by atoms with Crippen molar-refractivity contribution in [3.63, 3.8) is 0 Å². The number of azide groups is 1. The Bertz CT molecular complexity index is 1140. The number of hydrogen-bond acceptors (Lipinski definition) is 7. The van der Waals surface area contributed by atoms with E-state index in [1.807, 2.05) is 22.6 Å². The molecule has 1 aliphatic rings. The van der Waals surface area contributed by atoms with Crippen LogP contribution in [-0.2, 0) is 4.74 Å². The first kappa shape index (κ1) is 20.9. The van der Waals surface area contributed by atoms with E-state index in [4.69, 9.17) is 10.3 Å². The van der Waals surface area contributed by atoms with E-state index in [0.29, 0.717) is 21.3 Å². The Hall–Kier alpha value is -2.38. The number of aliphatic hydroxyl groups is 1. The highest BCUT2D eigenvalue weighted by Gasteiger charge is 2.55. The van der Waals surface area contributed by atoms with Gasteiger partial charge in [-0.1, -0.05) is 45.9 Å². The molecule has 0 radical (unpaired) electrons. The number of aromatic nitrogens is 2. The fourth-order valence-electron chi connectivity index (χ4n) is 3.23. The molecule has 0 aliphatic carbocycles. The van der Waals surface area contributed by atoms with E-state index in [1.54, 1.807) is 35.7 Å². The van der Waals surface area contributed by atoms with Gasteiger partial charge in [-0.15, -0.1) is 11.3 Å². The van der Waals surface area contributed by atoms with Crippen molar-refractivity contribution >= 4 is 55.9 Å². The summed E-state index contributed by atoms with van der Waals surface area (Å²) in [4.78, 5) is 23.5. The predicted octanol–water partition coefficient (Wildman–Crippen LogP) is 4.16. The number of rotatable bonds is 5. The number of ether oxygens (including phenoxy) is 1. The number of carbonyl (C=O) groups is 1. The summed E-state index contributed by atoms with van der Waals surface area (Å²) in [6.07, 6.45) is -3.36. The van der Waals surface area contributed by atoms with E-state index in [0.717, 1.165) is 0 Å². The zero-order chi connectivity index (χ0) is 21.3. The third-order valence-corrected chi connectivity index (χ3v) is 6.83. The highest BCUT2D eigenvalue weighted by atomic mass is 127. The fraction of sp³-hybridized carbons (Fsp3) is 0.278. The Labute approximate surface area is 187 Å². The predicted molar refractivity (Wildman–Crippen MR) is 117 cm³/mol. The van der Waals surface area contributed by atoms with Gasteiger partial charge in [-0.05, 0) is 23.0 Å². The van der Waals surface area contributed by atoms with Crippen LogP contribution in [0.2, 0.25) is 0 Å². The van der Waals surface area contributed by atoms with E-state index in [1.165, 1.54) is 17.7 Å². The number of aliphatic hydroxyl groups excluding tert-OH is 1. The Balaban J connectivity index is 1.69. The van der Waals surface area contributed by atoms with Gasteiger partial charge >= 0.3 is 0 Å². The SMILES string of the molecule is [N-]=[N+]=N[C@]1(CI)O[C@@H](c2csc3c(NC(=O)c4ccccc4)ncnc23)[C@H](F)[C@@H]1O. The number of alkyl halides is 2. The second kappa shape index (κ2) is 8.40. The van der Waals surface area contributed by atoms with Gasteiger partial charge in [0, 0.05) is 20.5 Å². The second-order valence-electron chi connectivity index (χ2n) is 6.51. The number of carbonyl (C=O) groups excluding carboxylic acids is 1. The minimum Gasteiger partial charge on any atom is -0.387 e. The van der Waals surface area contributed by atoms with E-state index in [-0.39, 0.29) is 16.2 Å². The molecule has 4 atom stereocenters. The van der Waals surface area contributed by atoms with E-state index < -0.39 is 24.1 Å². The van der Waals surface area contributed by atoms with Crippen LogP contribution in [0.1, 0.15) is 22.0 Å². The topological polar surface area (TPSA) is 133 Å². The van der Waals surface area contributed by atoms with Crippen LogP contribution >= 0.6 is 33.9 Å². The Morgan fingerprint density at radius 3 is 2.90 bits per heavy atom. The van der Waals surface area contributed by atoms with Crippen LogP contribution in [0.3, 0.4) is 0 Å². The van der Waals surface area contributed by atoms with E-state index in [9.17, 15) is 14.3 Å². The van der Waals surface area contributed by atoms with Crippen LogP contribution < -0.4 is 5.32 Å². The summed E-state index contributed by atoms with van der Waals surface area (Å²) in [5.41, 5.74) is 8.36. The van der Waals surface area contributed by atoms with Gasteiger partial charge in [0.05, 0.1) is 10.2 Å². The van der Waals surface area contributed by atoms with Gasteiger partial charge in [0.1, 0.15) is 18.5 Å². The molecule has 30 heavy (non-hydrogen) atoms. The smallest absolute Gasteiger partial charge is 0.256 e. The van der Waals surface area contributed by atoms with Crippen molar-refractivity contribution in [2.75, 3.05) is 9.74 Å². The van der Waals surface area contributed by atoms with Crippen LogP contribution in [0, 0.1) is 0 Å². The summed E-state index contributed by atoms with van der Waals surface area (Å²) in [5.74, 6) is -0.0528. The maximum absolute atomic E-state index is 14.9. The molecule has 1 fully saturated rings. The average molecular weight is 540 g/mol. The summed E-state index contributed by atoms with van der Waals surface area (Å²) in [6, 6.07) is 8.66. The summed E-state index contributed by atoms with van der Waals surface area (Å²) in [6.45, 7) is 0. The van der Waals surface area contributed by atoms with Crippen LogP contribution in [0.15, 0.2) is 47.2 Å². The maximum atomic E-state index is 14.9. The molecule has 154 valence electrons. The lowest BCUT2D eigenvalue weighted by Crippen LogP contribution is -2.41. The van der Waals surface area contributed by atoms with Crippen LogP contribution in [0.5, 0.6) is 0 Å². The number of amides is 1. The summed E-state index contributed by atoms with van der Waals surface area (Å²) >= 11 is 3.09. The number of benzene rings is 1. The summed E-state index contributed by atoms with van der Waals surface area (Å²) in [5, 5.41) is 18.2. The lowest BCUT2D eigenvalue weighted by atomic mass is 10.0. The second-order valence-corrected chi connectivity index (χ2v) is 8.15. The molecule has 0 bridgehead atoms. The number of hydrogen-bond donors (Lipinski definition) is 2. The van der Waals surface area contributed by atoms with Crippen molar-refractivity contribution in [2.24, 2.45) is 5.11 Å². The normalized spacial score (nSPS) is 25.8. The van der Waals surface area contributed by atoms with Gasteiger partial charge in [-0.2, -0.15) is 0 Å². The van der Waals surface area contributed by atoms with Crippen molar-refractivity contribution in [3.8, 4) is 0 Å². The molecule has 0 saturated carbocycles. The maximum Gasteiger partial charge on any atom is 0.256 e. The Morgan fingerprint density at radius 1 is 1.43 bits per heavy atom. The summed E-state index contributed by atoms with van der Waals surface area (Å²) in [7, 11) is 0. The number of nitrogens with one attached hydrogen (secondary N) is 1. The molecule has 1 aliphatic heterocycles. The van der Waals surface area contributed by atoms with Gasteiger partial charge in [0.25, 0.3) is 5.91 Å². The number of halogens is 2. The molecule has 1 amide bonds. The van der Waals surface area contributed by atoms with Crippen molar-refractivity contribution in [2.45, 2.75) is 24.1 Å². The molecule has 9 nitrogen and oxygen atoms in total. The Morgan fingerprint density at radius 2 is 2.20 bits per heavy atom. The minimum absolute atomic E-state index is 0.0718. The number of thiophene rings is 1. The molecule has 0 spiro atoms. The molecule has 1 saturated heterocycles. The van der Waals surface area contributed by atoms with Gasteiger partial charge in [0.15, 0.2) is 17.7 Å². The largest absolute Gasteiger partial charge is 0.387 e. The highest BCUT2D eigenvalue weighted by molar-refractivity contribution is 14.1. The molecule has 12 heteroatoms. The monoisotopic (exact) mass is 540 g/mol. The lowest BCUT2D eigenvalue weighted by molar-refractivity contribution is -0.0594. The zero-order valence-corrected chi connectivity index (χ0v) is 18.1. The van der Waals surface area contributed by atoms with Crippen molar-refractivity contribution < 1.29 is 19.0 Å². The van der Waals surface area contributed by atoms with Crippen LogP contribution in [-0.4, -0.2) is 43.4 Å². The fourth-order valence-corrected chi connectivity index (χ4v) is 5.00. The molecule has 0 unspecified atom stereocenters. The van der Waals surface area contributed by atoms with Gasteiger partial charge in [-0.3, -0.25) is 4.79 Å². The van der Waals surface area contributed by atoms with Gasteiger partial charge < -0.3 is 15.2 Å². The third kappa shape index (κ3) is 3.50. The van der Waals surface area contributed by atoms with Crippen molar-refractivity contribution in [1.29, 1.82) is 0 Å². The van der Waals surface area contributed by atoms with Gasteiger partial charge in [-0.25, -0.2) is 14.4 Å². The molecule has 3 heterocycles. The highest BCUT2D eigenvalue weighted by Crippen LogP contribution is 2.46. The molecular weight excluding hydrogens is 526 g/mol. The first-order valence-corrected chi connectivity index (χ1v) is 11.1. The molecule has 1 aromatic carbocycles. The molecule has 3 aromatic rings. The Kier molecular flexibility index (Phi) is 5.84. The van der Waals surface area contributed by atoms with Gasteiger partial charge in [0.2, 0.25) is 0 Å². The van der Waals surface area contributed by atoms with E-state index in [2.05, 4.69) is 25.3 Å². The molecular formula is C18H14FIN6O3S. The standard InChI is InChI=1S/C18H14FIN6O3S/c19-11-13(29-18(7-20,15(11)27)25-26-21)10-6-30-14-12(10)22-8-23-16(14)24-17(28)9-4-2-1-3-5-9/h1-6,8,11,13,15,27H,7H2,(H,22,23,24,28)/t11-,13-,15-,18+/m0/s1.